The number of fused-ring (bicyclic) bond motifs is 1. The van der Waals surface area contributed by atoms with Crippen molar-refractivity contribution in [1.29, 1.82) is 0 Å². The van der Waals surface area contributed by atoms with Crippen molar-refractivity contribution in [2.45, 2.75) is 0 Å². The molecular formula is C12H6ClFN2OS2. The minimum atomic E-state index is -0.480. The van der Waals surface area contributed by atoms with Gasteiger partial charge in [0.15, 0.2) is 4.77 Å². The summed E-state index contributed by atoms with van der Waals surface area (Å²) in [6.45, 7) is 0. The Morgan fingerprint density at radius 2 is 2.16 bits per heavy atom. The molecule has 0 aliphatic carbocycles. The Morgan fingerprint density at radius 3 is 2.95 bits per heavy atom. The molecule has 2 heterocycles. The molecule has 0 aliphatic heterocycles. The van der Waals surface area contributed by atoms with E-state index >= 15 is 0 Å². The Bertz CT molecular complexity index is 897. The molecule has 7 heteroatoms. The third-order valence-corrected chi connectivity index (χ3v) is 4.16. The highest BCUT2D eigenvalue weighted by molar-refractivity contribution is 7.71. The number of H-pyrrole nitrogens is 1. The number of aromatic amines is 1. The van der Waals surface area contributed by atoms with Crippen molar-refractivity contribution in [2.24, 2.45) is 0 Å². The lowest BCUT2D eigenvalue weighted by Gasteiger charge is -2.08. The Kier molecular flexibility index (Phi) is 3.00. The summed E-state index contributed by atoms with van der Waals surface area (Å²) in [6.07, 6.45) is 0. The van der Waals surface area contributed by atoms with E-state index in [1.807, 2.05) is 0 Å². The first-order valence-electron chi connectivity index (χ1n) is 5.26. The van der Waals surface area contributed by atoms with Gasteiger partial charge in [-0.25, -0.2) is 4.39 Å². The molecule has 0 saturated carbocycles. The predicted molar refractivity (Wildman–Crippen MR) is 77.6 cm³/mol. The number of hydrogen-bond donors (Lipinski definition) is 1. The smallest absolute Gasteiger partial charge is 0.276 e. The van der Waals surface area contributed by atoms with Gasteiger partial charge in [0.25, 0.3) is 5.56 Å². The fraction of sp³-hybridized carbons (Fsp3) is 0. The SMILES string of the molecule is O=c1c2sccc2[nH]c(=S)n1-c1cc(F)ccc1Cl. The lowest BCUT2D eigenvalue weighted by Crippen LogP contribution is -2.19. The number of halogens is 2. The average molecular weight is 313 g/mol. The van der Waals surface area contributed by atoms with Crippen molar-refractivity contribution >= 4 is 45.4 Å². The summed E-state index contributed by atoms with van der Waals surface area (Å²) < 4.78 is 15.2. The van der Waals surface area contributed by atoms with Crippen molar-refractivity contribution in [3.63, 3.8) is 0 Å². The highest BCUT2D eigenvalue weighted by Crippen LogP contribution is 2.22. The second-order valence-corrected chi connectivity index (χ2v) is 5.54. The van der Waals surface area contributed by atoms with Gasteiger partial charge in [-0.2, -0.15) is 0 Å². The molecule has 0 fully saturated rings. The molecule has 19 heavy (non-hydrogen) atoms. The first kappa shape index (κ1) is 12.5. The molecule has 1 aromatic carbocycles. The zero-order valence-electron chi connectivity index (χ0n) is 9.31. The van der Waals surface area contributed by atoms with Crippen LogP contribution in [0.2, 0.25) is 5.02 Å². The number of aromatic nitrogens is 2. The normalized spacial score (nSPS) is 11.1. The van der Waals surface area contributed by atoms with Gasteiger partial charge in [0.2, 0.25) is 0 Å². The summed E-state index contributed by atoms with van der Waals surface area (Å²) in [4.78, 5) is 15.3. The minimum absolute atomic E-state index is 0.184. The fourth-order valence-electron chi connectivity index (χ4n) is 1.81. The van der Waals surface area contributed by atoms with Crippen molar-refractivity contribution in [3.8, 4) is 5.69 Å². The summed E-state index contributed by atoms with van der Waals surface area (Å²) in [5.41, 5.74) is 0.605. The van der Waals surface area contributed by atoms with Gasteiger partial charge in [-0.3, -0.25) is 9.36 Å². The largest absolute Gasteiger partial charge is 0.331 e. The van der Waals surface area contributed by atoms with E-state index in [2.05, 4.69) is 4.98 Å². The molecule has 0 amide bonds. The van der Waals surface area contributed by atoms with Crippen molar-refractivity contribution in [1.82, 2.24) is 9.55 Å². The Hall–Kier alpha value is -1.50. The van der Waals surface area contributed by atoms with Crippen LogP contribution >= 0.6 is 35.2 Å². The molecule has 0 spiro atoms. The molecule has 0 unspecified atom stereocenters. The standard InChI is InChI=1S/C12H6ClFN2OS2/c13-7-2-1-6(14)5-9(7)16-11(17)10-8(3-4-19-10)15-12(16)18/h1-5H,(H,15,18). The first-order chi connectivity index (χ1) is 9.08. The maximum Gasteiger partial charge on any atom is 0.276 e. The lowest BCUT2D eigenvalue weighted by molar-refractivity contribution is 0.626. The molecule has 0 aliphatic rings. The number of nitrogens with zero attached hydrogens (tertiary/aromatic N) is 1. The van der Waals surface area contributed by atoms with Gasteiger partial charge in [-0.15, -0.1) is 11.3 Å². The van der Waals surface area contributed by atoms with Gasteiger partial charge in [0.05, 0.1) is 16.2 Å². The van der Waals surface area contributed by atoms with Crippen molar-refractivity contribution in [2.75, 3.05) is 0 Å². The van der Waals surface area contributed by atoms with Crippen molar-refractivity contribution < 1.29 is 4.39 Å². The van der Waals surface area contributed by atoms with E-state index in [-0.39, 0.29) is 21.0 Å². The highest BCUT2D eigenvalue weighted by Gasteiger charge is 2.12. The Labute approximate surface area is 120 Å². The van der Waals surface area contributed by atoms with Crippen LogP contribution in [-0.4, -0.2) is 9.55 Å². The molecule has 3 nitrogen and oxygen atoms in total. The summed E-state index contributed by atoms with van der Waals surface area (Å²) in [7, 11) is 0. The Balaban J connectivity index is 2.46. The summed E-state index contributed by atoms with van der Waals surface area (Å²) in [6, 6.07) is 5.58. The van der Waals surface area contributed by atoms with Gasteiger partial charge in [-0.05, 0) is 41.9 Å². The number of benzene rings is 1. The summed E-state index contributed by atoms with van der Waals surface area (Å²) >= 11 is 12.5. The van der Waals surface area contributed by atoms with Gasteiger partial charge in [-0.1, -0.05) is 11.6 Å². The van der Waals surface area contributed by atoms with Gasteiger partial charge in [0.1, 0.15) is 10.5 Å². The van der Waals surface area contributed by atoms with E-state index in [0.29, 0.717) is 10.2 Å². The predicted octanol–water partition coefficient (Wildman–Crippen LogP) is 3.90. The zero-order valence-corrected chi connectivity index (χ0v) is 11.7. The second-order valence-electron chi connectivity index (χ2n) is 3.83. The van der Waals surface area contributed by atoms with E-state index < -0.39 is 5.82 Å². The van der Waals surface area contributed by atoms with Crippen LogP contribution < -0.4 is 5.56 Å². The molecular weight excluding hydrogens is 307 g/mol. The van der Waals surface area contributed by atoms with Crippen LogP contribution in [-0.2, 0) is 0 Å². The lowest BCUT2D eigenvalue weighted by atomic mass is 10.3. The molecule has 0 radical (unpaired) electrons. The van der Waals surface area contributed by atoms with Crippen LogP contribution in [0.25, 0.3) is 15.9 Å². The highest BCUT2D eigenvalue weighted by atomic mass is 35.5. The molecule has 96 valence electrons. The van der Waals surface area contributed by atoms with Gasteiger partial charge in [0, 0.05) is 0 Å². The van der Waals surface area contributed by atoms with Crippen LogP contribution in [0.15, 0.2) is 34.4 Å². The summed E-state index contributed by atoms with van der Waals surface area (Å²) in [5, 5.41) is 2.05. The van der Waals surface area contributed by atoms with Crippen molar-refractivity contribution in [3.05, 3.63) is 55.6 Å². The molecule has 2 aromatic heterocycles. The third-order valence-electron chi connectivity index (χ3n) is 2.66. The first-order valence-corrected chi connectivity index (χ1v) is 6.92. The molecule has 0 atom stereocenters. The topological polar surface area (TPSA) is 37.8 Å². The van der Waals surface area contributed by atoms with E-state index in [9.17, 15) is 9.18 Å². The van der Waals surface area contributed by atoms with Crippen LogP contribution in [0.3, 0.4) is 0 Å². The quantitative estimate of drug-likeness (QED) is 0.692. The molecule has 3 aromatic rings. The molecule has 1 N–H and O–H groups in total. The number of thiophene rings is 1. The molecule has 0 saturated heterocycles. The van der Waals surface area contributed by atoms with Crippen LogP contribution in [0.4, 0.5) is 4.39 Å². The number of hydrogen-bond acceptors (Lipinski definition) is 3. The number of nitrogens with one attached hydrogen (secondary N) is 1. The van der Waals surface area contributed by atoms with Gasteiger partial charge < -0.3 is 4.98 Å². The van der Waals surface area contributed by atoms with Gasteiger partial charge >= 0.3 is 0 Å². The van der Waals surface area contributed by atoms with E-state index in [1.165, 1.54) is 34.1 Å². The fourth-order valence-corrected chi connectivity index (χ4v) is 3.09. The van der Waals surface area contributed by atoms with E-state index in [1.54, 1.807) is 11.4 Å². The minimum Gasteiger partial charge on any atom is -0.331 e. The van der Waals surface area contributed by atoms with Crippen LogP contribution in [0.1, 0.15) is 0 Å². The summed E-state index contributed by atoms with van der Waals surface area (Å²) in [5.74, 6) is -0.480. The maximum absolute atomic E-state index is 13.3. The van der Waals surface area contributed by atoms with E-state index in [0.717, 1.165) is 0 Å². The maximum atomic E-state index is 13.3. The Morgan fingerprint density at radius 1 is 1.37 bits per heavy atom. The molecule has 0 bridgehead atoms. The third kappa shape index (κ3) is 2.01. The number of rotatable bonds is 1. The van der Waals surface area contributed by atoms with Crippen LogP contribution in [0, 0.1) is 10.6 Å². The monoisotopic (exact) mass is 312 g/mol. The molecule has 3 rings (SSSR count). The van der Waals surface area contributed by atoms with E-state index in [4.69, 9.17) is 23.8 Å². The average Bonchev–Trinajstić information content (AvgIpc) is 2.82. The zero-order chi connectivity index (χ0) is 13.6. The second kappa shape index (κ2) is 4.56. The van der Waals surface area contributed by atoms with Crippen LogP contribution in [0.5, 0.6) is 0 Å².